The molecule has 0 heterocycles. The van der Waals surface area contributed by atoms with Gasteiger partial charge in [0.15, 0.2) is 0 Å². The normalized spacial score (nSPS) is 10.3. The lowest BCUT2D eigenvalue weighted by Crippen LogP contribution is -2.18. The molecule has 5 heteroatoms. The molecule has 0 aliphatic carbocycles. The molecule has 3 N–H and O–H groups in total. The van der Waals surface area contributed by atoms with Gasteiger partial charge < -0.3 is 10.6 Å². The van der Waals surface area contributed by atoms with Crippen molar-refractivity contribution in [3.8, 4) is 0 Å². The van der Waals surface area contributed by atoms with Gasteiger partial charge in [0.1, 0.15) is 17.5 Å². The fraction of sp³-hybridized carbons (Fsp3) is 0.133. The predicted molar refractivity (Wildman–Crippen MR) is 75.9 cm³/mol. The van der Waals surface area contributed by atoms with E-state index in [1.807, 2.05) is 0 Å². The molecule has 0 radical (unpaired) electrons. The molecule has 2 aromatic carbocycles. The van der Waals surface area contributed by atoms with Crippen LogP contribution >= 0.6 is 0 Å². The number of nitrogens with one attached hydrogen (secondary N) is 1. The van der Waals surface area contributed by atoms with Crippen molar-refractivity contribution in [2.75, 3.05) is 11.9 Å². The van der Waals surface area contributed by atoms with Crippen molar-refractivity contribution >= 4 is 11.5 Å². The molecule has 2 rings (SSSR count). The summed E-state index contributed by atoms with van der Waals surface area (Å²) in [4.78, 5) is 1.79. The average molecular weight is 275 g/mol. The number of halogens is 2. The van der Waals surface area contributed by atoms with Crippen LogP contribution in [0.2, 0.25) is 0 Å². The Hall–Kier alpha value is -2.43. The summed E-state index contributed by atoms with van der Waals surface area (Å²) in [6, 6.07) is 10.4. The first-order chi connectivity index (χ1) is 9.47. The van der Waals surface area contributed by atoms with Crippen LogP contribution < -0.4 is 10.6 Å². The van der Waals surface area contributed by atoms with Crippen molar-refractivity contribution in [2.45, 2.75) is 6.54 Å². The molecule has 104 valence electrons. The summed E-state index contributed by atoms with van der Waals surface area (Å²) in [6.07, 6.45) is 0. The minimum atomic E-state index is -0.457. The summed E-state index contributed by atoms with van der Waals surface area (Å²) in [7, 11) is 1.78. The third-order valence-corrected chi connectivity index (χ3v) is 3.03. The average Bonchev–Trinajstić information content (AvgIpc) is 2.43. The molecule has 0 aromatic heterocycles. The number of nitrogens with zero attached hydrogens (tertiary/aromatic N) is 1. The number of nitrogens with two attached hydrogens (primary N) is 1. The van der Waals surface area contributed by atoms with E-state index in [9.17, 15) is 8.78 Å². The molecule has 0 amide bonds. The molecule has 0 atom stereocenters. The second-order valence-electron chi connectivity index (χ2n) is 4.55. The fourth-order valence-electron chi connectivity index (χ4n) is 1.91. The highest BCUT2D eigenvalue weighted by molar-refractivity contribution is 5.95. The van der Waals surface area contributed by atoms with E-state index < -0.39 is 11.6 Å². The largest absolute Gasteiger partial charge is 0.384 e. The fourth-order valence-corrected chi connectivity index (χ4v) is 1.91. The van der Waals surface area contributed by atoms with E-state index in [4.69, 9.17) is 11.1 Å². The smallest absolute Gasteiger partial charge is 0.128 e. The second kappa shape index (κ2) is 5.69. The predicted octanol–water partition coefficient (Wildman–Crippen LogP) is 2.89. The third kappa shape index (κ3) is 3.12. The van der Waals surface area contributed by atoms with Crippen molar-refractivity contribution in [2.24, 2.45) is 5.73 Å². The Balaban J connectivity index is 2.17. The lowest BCUT2D eigenvalue weighted by Gasteiger charge is -2.20. The van der Waals surface area contributed by atoms with Gasteiger partial charge in [0.2, 0.25) is 0 Å². The molecule has 0 spiro atoms. The molecule has 0 saturated carbocycles. The van der Waals surface area contributed by atoms with Gasteiger partial charge in [-0.05, 0) is 42.5 Å². The van der Waals surface area contributed by atoms with E-state index in [0.717, 1.165) is 17.8 Å². The van der Waals surface area contributed by atoms with Gasteiger partial charge in [-0.2, -0.15) is 0 Å². The maximum atomic E-state index is 13.6. The van der Waals surface area contributed by atoms with E-state index >= 15 is 0 Å². The quantitative estimate of drug-likeness (QED) is 0.666. The summed E-state index contributed by atoms with van der Waals surface area (Å²) in [5.74, 6) is -0.893. The van der Waals surface area contributed by atoms with Crippen LogP contribution in [0.4, 0.5) is 14.5 Å². The van der Waals surface area contributed by atoms with Crippen LogP contribution in [-0.4, -0.2) is 12.9 Å². The Bertz CT molecular complexity index is 624. The number of amidine groups is 1. The van der Waals surface area contributed by atoms with Crippen LogP contribution in [0.3, 0.4) is 0 Å². The van der Waals surface area contributed by atoms with Crippen molar-refractivity contribution in [1.29, 1.82) is 5.41 Å². The molecule has 0 aliphatic rings. The summed E-state index contributed by atoms with van der Waals surface area (Å²) < 4.78 is 26.7. The highest BCUT2D eigenvalue weighted by atomic mass is 19.1. The van der Waals surface area contributed by atoms with Crippen molar-refractivity contribution < 1.29 is 8.78 Å². The molecule has 20 heavy (non-hydrogen) atoms. The monoisotopic (exact) mass is 275 g/mol. The zero-order valence-electron chi connectivity index (χ0n) is 11.0. The molecule has 0 unspecified atom stereocenters. The molecule has 0 aliphatic heterocycles. The van der Waals surface area contributed by atoms with Crippen molar-refractivity contribution in [3.63, 3.8) is 0 Å². The number of nitrogen functional groups attached to an aromatic ring is 1. The molecule has 2 aromatic rings. The molecule has 3 nitrogen and oxygen atoms in total. The highest BCUT2D eigenvalue weighted by Crippen LogP contribution is 2.18. The van der Waals surface area contributed by atoms with Crippen LogP contribution in [0.25, 0.3) is 0 Å². The van der Waals surface area contributed by atoms with Crippen LogP contribution in [0.15, 0.2) is 42.5 Å². The third-order valence-electron chi connectivity index (χ3n) is 3.03. The minimum Gasteiger partial charge on any atom is -0.384 e. The van der Waals surface area contributed by atoms with Crippen LogP contribution in [0, 0.1) is 17.0 Å². The zero-order valence-corrected chi connectivity index (χ0v) is 11.0. The molecular formula is C15H15F2N3. The van der Waals surface area contributed by atoms with E-state index in [1.54, 1.807) is 36.2 Å². The Morgan fingerprint density at radius 1 is 1.15 bits per heavy atom. The Labute approximate surface area is 116 Å². The molecule has 0 bridgehead atoms. The Morgan fingerprint density at radius 2 is 1.80 bits per heavy atom. The summed E-state index contributed by atoms with van der Waals surface area (Å²) >= 11 is 0. The van der Waals surface area contributed by atoms with Gasteiger partial charge in [-0.3, -0.25) is 5.41 Å². The van der Waals surface area contributed by atoms with E-state index in [2.05, 4.69) is 0 Å². The van der Waals surface area contributed by atoms with Gasteiger partial charge in [0.05, 0.1) is 0 Å². The number of hydrogen-bond donors (Lipinski definition) is 2. The minimum absolute atomic E-state index is 0.00428. The summed E-state index contributed by atoms with van der Waals surface area (Å²) in [6.45, 7) is 0.253. The Kier molecular flexibility index (Phi) is 3.98. The van der Waals surface area contributed by atoms with Gasteiger partial charge in [-0.25, -0.2) is 8.78 Å². The van der Waals surface area contributed by atoms with E-state index in [-0.39, 0.29) is 12.4 Å². The standard InChI is InChI=1S/C15H15F2N3/c1-20(9-11-8-12(16)4-7-14(11)17)13-5-2-10(3-6-13)15(18)19/h2-8H,9H2,1H3,(H3,18,19). The number of rotatable bonds is 4. The van der Waals surface area contributed by atoms with Crippen LogP contribution in [0.1, 0.15) is 11.1 Å². The van der Waals surface area contributed by atoms with Gasteiger partial charge >= 0.3 is 0 Å². The highest BCUT2D eigenvalue weighted by Gasteiger charge is 2.08. The SMILES string of the molecule is CN(Cc1cc(F)ccc1F)c1ccc(C(=N)N)cc1. The summed E-state index contributed by atoms with van der Waals surface area (Å²) in [5, 5.41) is 7.32. The van der Waals surface area contributed by atoms with Gasteiger partial charge in [-0.1, -0.05) is 0 Å². The van der Waals surface area contributed by atoms with Gasteiger partial charge in [0, 0.05) is 30.4 Å². The van der Waals surface area contributed by atoms with Crippen LogP contribution in [-0.2, 0) is 6.54 Å². The van der Waals surface area contributed by atoms with E-state index in [0.29, 0.717) is 11.1 Å². The Morgan fingerprint density at radius 3 is 2.40 bits per heavy atom. The number of benzene rings is 2. The zero-order chi connectivity index (χ0) is 14.7. The maximum Gasteiger partial charge on any atom is 0.128 e. The molecule has 0 saturated heterocycles. The van der Waals surface area contributed by atoms with Crippen molar-refractivity contribution in [1.82, 2.24) is 0 Å². The first kappa shape index (κ1) is 14.0. The number of anilines is 1. The lowest BCUT2D eigenvalue weighted by atomic mass is 10.1. The van der Waals surface area contributed by atoms with E-state index in [1.165, 1.54) is 6.07 Å². The maximum absolute atomic E-state index is 13.6. The molecular weight excluding hydrogens is 260 g/mol. The topological polar surface area (TPSA) is 53.1 Å². The van der Waals surface area contributed by atoms with Gasteiger partial charge in [-0.15, -0.1) is 0 Å². The number of hydrogen-bond acceptors (Lipinski definition) is 2. The summed E-state index contributed by atoms with van der Waals surface area (Å²) in [5.41, 5.74) is 7.13. The van der Waals surface area contributed by atoms with Gasteiger partial charge in [0.25, 0.3) is 0 Å². The first-order valence-electron chi connectivity index (χ1n) is 6.07. The van der Waals surface area contributed by atoms with Crippen molar-refractivity contribution in [3.05, 3.63) is 65.2 Å². The first-order valence-corrected chi connectivity index (χ1v) is 6.07. The lowest BCUT2D eigenvalue weighted by molar-refractivity contribution is 0.583. The molecule has 0 fully saturated rings. The second-order valence-corrected chi connectivity index (χ2v) is 4.55. The van der Waals surface area contributed by atoms with Crippen LogP contribution in [0.5, 0.6) is 0 Å².